The molecule has 2 nitrogen and oxygen atoms in total. The molecule has 1 unspecified atom stereocenters. The van der Waals surface area contributed by atoms with Crippen LogP contribution in [0.4, 0.5) is 4.39 Å². The van der Waals surface area contributed by atoms with Crippen molar-refractivity contribution in [3.8, 4) is 5.75 Å². The molecule has 0 aliphatic heterocycles. The highest BCUT2D eigenvalue weighted by molar-refractivity contribution is 5.34. The monoisotopic (exact) mass is 265 g/mol. The molecule has 1 aliphatic carbocycles. The summed E-state index contributed by atoms with van der Waals surface area (Å²) in [5.74, 6) is -0.135. The standard InChI is InChI=1S/C16H24FNO/c1-11(14-10-12(17)4-5-15(14)19)18-13-6-8-16(2,3)9-7-13/h4-5,10-11,13,18-19H,6-9H2,1-3H3. The minimum atomic E-state index is -0.300. The van der Waals surface area contributed by atoms with Crippen molar-refractivity contribution in [3.05, 3.63) is 29.6 Å². The van der Waals surface area contributed by atoms with Gasteiger partial charge in [0.05, 0.1) is 0 Å². The first-order valence-electron chi connectivity index (χ1n) is 7.12. The minimum Gasteiger partial charge on any atom is -0.508 e. The fourth-order valence-electron chi connectivity index (χ4n) is 2.88. The van der Waals surface area contributed by atoms with Gasteiger partial charge in [-0.25, -0.2) is 4.39 Å². The Bertz CT molecular complexity index is 434. The molecule has 0 aromatic heterocycles. The Morgan fingerprint density at radius 3 is 2.58 bits per heavy atom. The Labute approximate surface area is 115 Å². The lowest BCUT2D eigenvalue weighted by Gasteiger charge is -2.36. The number of rotatable bonds is 3. The van der Waals surface area contributed by atoms with Crippen molar-refractivity contribution in [2.45, 2.75) is 58.5 Å². The van der Waals surface area contributed by atoms with Crippen LogP contribution in [-0.2, 0) is 0 Å². The molecule has 1 atom stereocenters. The molecule has 0 saturated heterocycles. The van der Waals surface area contributed by atoms with E-state index in [-0.39, 0.29) is 17.6 Å². The van der Waals surface area contributed by atoms with Crippen LogP contribution in [0.25, 0.3) is 0 Å². The van der Waals surface area contributed by atoms with Crippen LogP contribution in [0.3, 0.4) is 0 Å². The Kier molecular flexibility index (Phi) is 4.14. The van der Waals surface area contributed by atoms with Gasteiger partial charge in [0.2, 0.25) is 0 Å². The summed E-state index contributed by atoms with van der Waals surface area (Å²) in [6, 6.07) is 4.56. The highest BCUT2D eigenvalue weighted by atomic mass is 19.1. The maximum atomic E-state index is 13.2. The highest BCUT2D eigenvalue weighted by Crippen LogP contribution is 2.36. The van der Waals surface area contributed by atoms with Gasteiger partial charge < -0.3 is 10.4 Å². The van der Waals surface area contributed by atoms with Crippen LogP contribution in [0.5, 0.6) is 5.75 Å². The molecule has 0 bridgehead atoms. The fraction of sp³-hybridized carbons (Fsp3) is 0.625. The van der Waals surface area contributed by atoms with Gasteiger partial charge in [0.25, 0.3) is 0 Å². The van der Waals surface area contributed by atoms with Crippen LogP contribution in [0.15, 0.2) is 18.2 Å². The largest absolute Gasteiger partial charge is 0.508 e. The minimum absolute atomic E-state index is 0.0260. The lowest BCUT2D eigenvalue weighted by Crippen LogP contribution is -2.37. The summed E-state index contributed by atoms with van der Waals surface area (Å²) >= 11 is 0. The summed E-state index contributed by atoms with van der Waals surface area (Å²) in [5, 5.41) is 13.3. The van der Waals surface area contributed by atoms with Gasteiger partial charge in [0.15, 0.2) is 0 Å². The van der Waals surface area contributed by atoms with E-state index in [4.69, 9.17) is 0 Å². The van der Waals surface area contributed by atoms with Crippen LogP contribution in [0.1, 0.15) is 58.1 Å². The molecule has 1 saturated carbocycles. The van der Waals surface area contributed by atoms with E-state index in [1.165, 1.54) is 31.0 Å². The topological polar surface area (TPSA) is 32.3 Å². The number of aromatic hydroxyl groups is 1. The number of hydrogen-bond acceptors (Lipinski definition) is 2. The van der Waals surface area contributed by atoms with Crippen molar-refractivity contribution in [1.82, 2.24) is 5.32 Å². The van der Waals surface area contributed by atoms with Gasteiger partial charge in [0, 0.05) is 17.6 Å². The highest BCUT2D eigenvalue weighted by Gasteiger charge is 2.27. The summed E-state index contributed by atoms with van der Waals surface area (Å²) in [4.78, 5) is 0. The number of halogens is 1. The summed E-state index contributed by atoms with van der Waals surface area (Å²) < 4.78 is 13.2. The van der Waals surface area contributed by atoms with E-state index in [1.807, 2.05) is 6.92 Å². The molecule has 1 aliphatic rings. The normalized spacial score (nSPS) is 21.3. The van der Waals surface area contributed by atoms with Crippen molar-refractivity contribution < 1.29 is 9.50 Å². The van der Waals surface area contributed by atoms with Gasteiger partial charge in [-0.05, 0) is 56.2 Å². The predicted octanol–water partition coefficient (Wildman–Crippen LogP) is 4.15. The second kappa shape index (κ2) is 5.49. The van der Waals surface area contributed by atoms with Gasteiger partial charge in [-0.3, -0.25) is 0 Å². The number of hydrogen-bond donors (Lipinski definition) is 2. The summed E-state index contributed by atoms with van der Waals surface area (Å²) in [7, 11) is 0. The van der Waals surface area contributed by atoms with Gasteiger partial charge in [-0.15, -0.1) is 0 Å². The van der Waals surface area contributed by atoms with Gasteiger partial charge in [0.1, 0.15) is 11.6 Å². The molecule has 0 heterocycles. The molecule has 0 spiro atoms. The van der Waals surface area contributed by atoms with Crippen LogP contribution < -0.4 is 5.32 Å². The third-order valence-electron chi connectivity index (χ3n) is 4.28. The van der Waals surface area contributed by atoms with E-state index in [2.05, 4.69) is 19.2 Å². The Hall–Kier alpha value is -1.09. The molecule has 3 heteroatoms. The Balaban J connectivity index is 1.98. The second-order valence-corrected chi connectivity index (χ2v) is 6.53. The Morgan fingerprint density at radius 1 is 1.32 bits per heavy atom. The van der Waals surface area contributed by atoms with E-state index in [1.54, 1.807) is 0 Å². The zero-order valence-corrected chi connectivity index (χ0v) is 12.0. The quantitative estimate of drug-likeness (QED) is 0.860. The molecule has 1 aromatic rings. The molecular weight excluding hydrogens is 241 g/mol. The van der Waals surface area contributed by atoms with E-state index < -0.39 is 0 Å². The van der Waals surface area contributed by atoms with Crippen molar-refractivity contribution >= 4 is 0 Å². The number of phenolic OH excluding ortho intramolecular Hbond substituents is 1. The smallest absolute Gasteiger partial charge is 0.123 e. The summed E-state index contributed by atoms with van der Waals surface area (Å²) in [6.07, 6.45) is 4.72. The first-order valence-corrected chi connectivity index (χ1v) is 7.12. The van der Waals surface area contributed by atoms with Crippen LogP contribution in [-0.4, -0.2) is 11.1 Å². The number of nitrogens with one attached hydrogen (secondary N) is 1. The predicted molar refractivity (Wildman–Crippen MR) is 75.7 cm³/mol. The molecule has 2 rings (SSSR count). The van der Waals surface area contributed by atoms with Crippen molar-refractivity contribution in [2.24, 2.45) is 5.41 Å². The maximum absolute atomic E-state index is 13.2. The molecule has 106 valence electrons. The van der Waals surface area contributed by atoms with Gasteiger partial charge in [-0.1, -0.05) is 13.8 Å². The van der Waals surface area contributed by atoms with Crippen LogP contribution in [0, 0.1) is 11.2 Å². The Morgan fingerprint density at radius 2 is 1.95 bits per heavy atom. The van der Waals surface area contributed by atoms with Crippen molar-refractivity contribution in [3.63, 3.8) is 0 Å². The van der Waals surface area contributed by atoms with Crippen molar-refractivity contribution in [1.29, 1.82) is 0 Å². The number of benzene rings is 1. The lowest BCUT2D eigenvalue weighted by molar-refractivity contribution is 0.199. The molecule has 19 heavy (non-hydrogen) atoms. The molecular formula is C16H24FNO. The zero-order chi connectivity index (χ0) is 14.0. The number of phenols is 1. The first-order chi connectivity index (χ1) is 8.87. The van der Waals surface area contributed by atoms with Gasteiger partial charge in [-0.2, -0.15) is 0 Å². The van der Waals surface area contributed by atoms with E-state index in [0.717, 1.165) is 12.8 Å². The maximum Gasteiger partial charge on any atom is 0.123 e. The van der Waals surface area contributed by atoms with Crippen LogP contribution in [0.2, 0.25) is 0 Å². The first kappa shape index (κ1) is 14.3. The van der Waals surface area contributed by atoms with Gasteiger partial charge >= 0.3 is 0 Å². The molecule has 1 fully saturated rings. The lowest BCUT2D eigenvalue weighted by atomic mass is 9.75. The van der Waals surface area contributed by atoms with Crippen LogP contribution >= 0.6 is 0 Å². The van der Waals surface area contributed by atoms with E-state index in [9.17, 15) is 9.50 Å². The molecule has 0 amide bonds. The third-order valence-corrected chi connectivity index (χ3v) is 4.28. The second-order valence-electron chi connectivity index (χ2n) is 6.53. The molecule has 2 N–H and O–H groups in total. The molecule has 1 aromatic carbocycles. The molecule has 0 radical (unpaired) electrons. The third kappa shape index (κ3) is 3.69. The summed E-state index contributed by atoms with van der Waals surface area (Å²) in [5.41, 5.74) is 1.09. The van der Waals surface area contributed by atoms with Crippen molar-refractivity contribution in [2.75, 3.05) is 0 Å². The SMILES string of the molecule is CC(NC1CCC(C)(C)CC1)c1cc(F)ccc1O. The van der Waals surface area contributed by atoms with E-state index in [0.29, 0.717) is 17.0 Å². The average molecular weight is 265 g/mol. The summed E-state index contributed by atoms with van der Waals surface area (Å²) in [6.45, 7) is 6.60. The zero-order valence-electron chi connectivity index (χ0n) is 12.0. The average Bonchev–Trinajstić information content (AvgIpc) is 2.35. The van der Waals surface area contributed by atoms with E-state index >= 15 is 0 Å². The fourth-order valence-corrected chi connectivity index (χ4v) is 2.88.